The third kappa shape index (κ3) is 3.88. The third-order valence-corrected chi connectivity index (χ3v) is 2.86. The van der Waals surface area contributed by atoms with Crippen molar-refractivity contribution < 1.29 is 18.9 Å². The van der Waals surface area contributed by atoms with E-state index in [1.807, 2.05) is 0 Å². The van der Waals surface area contributed by atoms with Crippen LogP contribution in [0.25, 0.3) is 11.5 Å². The Morgan fingerprint density at radius 2 is 1.85 bits per heavy atom. The van der Waals surface area contributed by atoms with Crippen LogP contribution in [0.3, 0.4) is 0 Å². The molecule has 0 bridgehead atoms. The van der Waals surface area contributed by atoms with E-state index in [9.17, 15) is 4.39 Å². The standard InChI is InChI=1S/C13H16BFN2O3/c1-13(2,15)8-7-11-16-17-12(20-11)9-3-5-10(6-4-9)14(18)19/h3-6,18-19H,7-8H2,1-2H3. The first-order valence-electron chi connectivity index (χ1n) is 6.33. The van der Waals surface area contributed by atoms with Gasteiger partial charge in [0.2, 0.25) is 11.8 Å². The molecule has 0 aliphatic rings. The molecule has 5 nitrogen and oxygen atoms in total. The summed E-state index contributed by atoms with van der Waals surface area (Å²) in [5.41, 5.74) is -0.214. The number of aryl methyl sites for hydroxylation is 1. The van der Waals surface area contributed by atoms with Crippen molar-refractivity contribution in [2.24, 2.45) is 0 Å². The van der Waals surface area contributed by atoms with Crippen LogP contribution < -0.4 is 5.46 Å². The van der Waals surface area contributed by atoms with Crippen molar-refractivity contribution in [3.8, 4) is 11.5 Å². The van der Waals surface area contributed by atoms with E-state index >= 15 is 0 Å². The molecule has 0 radical (unpaired) electrons. The number of aromatic nitrogens is 2. The molecule has 2 rings (SSSR count). The molecule has 0 unspecified atom stereocenters. The summed E-state index contributed by atoms with van der Waals surface area (Å²) < 4.78 is 18.8. The smallest absolute Gasteiger partial charge is 0.423 e. The maximum absolute atomic E-state index is 13.4. The van der Waals surface area contributed by atoms with Crippen LogP contribution in [0.4, 0.5) is 4.39 Å². The Kier molecular flexibility index (Phi) is 4.20. The minimum Gasteiger partial charge on any atom is -0.423 e. The van der Waals surface area contributed by atoms with Crippen LogP contribution in [0.1, 0.15) is 26.2 Å². The highest BCUT2D eigenvalue weighted by Gasteiger charge is 2.18. The first-order valence-corrected chi connectivity index (χ1v) is 6.33. The fourth-order valence-electron chi connectivity index (χ4n) is 1.67. The Morgan fingerprint density at radius 3 is 2.40 bits per heavy atom. The van der Waals surface area contributed by atoms with Crippen molar-refractivity contribution in [3.05, 3.63) is 30.2 Å². The van der Waals surface area contributed by atoms with Gasteiger partial charge in [-0.05, 0) is 37.9 Å². The minimum absolute atomic E-state index is 0.310. The summed E-state index contributed by atoms with van der Waals surface area (Å²) in [6.45, 7) is 3.01. The van der Waals surface area contributed by atoms with Gasteiger partial charge in [-0.25, -0.2) is 4.39 Å². The molecule has 0 spiro atoms. The predicted molar refractivity (Wildman–Crippen MR) is 73.1 cm³/mol. The van der Waals surface area contributed by atoms with E-state index in [0.717, 1.165) is 0 Å². The number of rotatable bonds is 5. The van der Waals surface area contributed by atoms with Gasteiger partial charge in [0.15, 0.2) is 0 Å². The molecule has 0 atom stereocenters. The Hall–Kier alpha value is -1.73. The highest BCUT2D eigenvalue weighted by molar-refractivity contribution is 6.58. The van der Waals surface area contributed by atoms with Gasteiger partial charge in [0.1, 0.15) is 5.67 Å². The van der Waals surface area contributed by atoms with Gasteiger partial charge in [0, 0.05) is 12.0 Å². The molecule has 2 aromatic rings. The van der Waals surface area contributed by atoms with Crippen LogP contribution >= 0.6 is 0 Å². The summed E-state index contributed by atoms with van der Waals surface area (Å²) in [5.74, 6) is 0.715. The normalized spacial score (nSPS) is 11.7. The van der Waals surface area contributed by atoms with Crippen LogP contribution in [0.5, 0.6) is 0 Å². The van der Waals surface area contributed by atoms with Gasteiger partial charge in [0.25, 0.3) is 0 Å². The molecule has 2 N–H and O–H groups in total. The summed E-state index contributed by atoms with van der Waals surface area (Å²) in [6, 6.07) is 6.44. The van der Waals surface area contributed by atoms with E-state index in [4.69, 9.17) is 14.5 Å². The summed E-state index contributed by atoms with van der Waals surface area (Å²) in [4.78, 5) is 0. The van der Waals surface area contributed by atoms with Crippen molar-refractivity contribution in [1.29, 1.82) is 0 Å². The first kappa shape index (κ1) is 14.7. The molecular formula is C13H16BFN2O3. The summed E-state index contributed by atoms with van der Waals surface area (Å²) >= 11 is 0. The minimum atomic E-state index is -1.51. The van der Waals surface area contributed by atoms with Crippen LogP contribution in [-0.2, 0) is 6.42 Å². The van der Waals surface area contributed by atoms with Gasteiger partial charge >= 0.3 is 7.12 Å². The lowest BCUT2D eigenvalue weighted by Crippen LogP contribution is -2.29. The molecule has 0 saturated heterocycles. The topological polar surface area (TPSA) is 79.4 Å². The number of nitrogens with zero attached hydrogens (tertiary/aromatic N) is 2. The monoisotopic (exact) mass is 278 g/mol. The number of halogens is 1. The van der Waals surface area contributed by atoms with Crippen LogP contribution in [0.15, 0.2) is 28.7 Å². The maximum Gasteiger partial charge on any atom is 0.488 e. The molecule has 106 valence electrons. The molecule has 20 heavy (non-hydrogen) atoms. The van der Waals surface area contributed by atoms with Crippen molar-refractivity contribution >= 4 is 12.6 Å². The molecule has 0 aliphatic heterocycles. The highest BCUT2D eigenvalue weighted by atomic mass is 19.1. The van der Waals surface area contributed by atoms with Crippen LogP contribution in [-0.4, -0.2) is 33.0 Å². The zero-order valence-corrected chi connectivity index (χ0v) is 11.4. The Balaban J connectivity index is 2.08. The van der Waals surface area contributed by atoms with Crippen LogP contribution in [0, 0.1) is 0 Å². The zero-order chi connectivity index (χ0) is 14.8. The van der Waals surface area contributed by atoms with E-state index in [1.165, 1.54) is 13.8 Å². The average Bonchev–Trinajstić information content (AvgIpc) is 2.84. The molecule has 1 heterocycles. The second-order valence-corrected chi connectivity index (χ2v) is 5.22. The van der Waals surface area contributed by atoms with E-state index < -0.39 is 12.8 Å². The van der Waals surface area contributed by atoms with Gasteiger partial charge in [-0.1, -0.05) is 12.1 Å². The summed E-state index contributed by atoms with van der Waals surface area (Å²) in [7, 11) is -1.51. The van der Waals surface area contributed by atoms with Gasteiger partial charge in [0.05, 0.1) is 0 Å². The Morgan fingerprint density at radius 1 is 1.20 bits per heavy atom. The highest BCUT2D eigenvalue weighted by Crippen LogP contribution is 2.20. The summed E-state index contributed by atoms with van der Waals surface area (Å²) in [6.07, 6.45) is 0.689. The fraction of sp³-hybridized carbons (Fsp3) is 0.385. The SMILES string of the molecule is CC(C)(F)CCc1nnc(-c2ccc(B(O)O)cc2)o1. The summed E-state index contributed by atoms with van der Waals surface area (Å²) in [5, 5.41) is 25.8. The molecule has 0 aliphatic carbocycles. The van der Waals surface area contributed by atoms with E-state index in [2.05, 4.69) is 10.2 Å². The number of hydrogen-bond acceptors (Lipinski definition) is 5. The molecule has 0 fully saturated rings. The lowest BCUT2D eigenvalue weighted by atomic mass is 9.80. The molecule has 7 heteroatoms. The number of alkyl halides is 1. The van der Waals surface area contributed by atoms with Crippen molar-refractivity contribution in [1.82, 2.24) is 10.2 Å². The van der Waals surface area contributed by atoms with E-state index in [-0.39, 0.29) is 0 Å². The number of benzene rings is 1. The molecule has 1 aromatic heterocycles. The second kappa shape index (κ2) is 5.72. The first-order chi connectivity index (χ1) is 9.35. The molecule has 0 amide bonds. The van der Waals surface area contributed by atoms with Gasteiger partial charge < -0.3 is 14.5 Å². The van der Waals surface area contributed by atoms with Crippen LogP contribution in [0.2, 0.25) is 0 Å². The van der Waals surface area contributed by atoms with Gasteiger partial charge in [-0.3, -0.25) is 0 Å². The molecule has 1 aromatic carbocycles. The zero-order valence-electron chi connectivity index (χ0n) is 11.4. The van der Waals surface area contributed by atoms with E-state index in [1.54, 1.807) is 24.3 Å². The lowest BCUT2D eigenvalue weighted by Gasteiger charge is -2.11. The lowest BCUT2D eigenvalue weighted by molar-refractivity contribution is 0.197. The average molecular weight is 278 g/mol. The van der Waals surface area contributed by atoms with Gasteiger partial charge in [-0.15, -0.1) is 10.2 Å². The molecule has 0 saturated carbocycles. The fourth-order valence-corrected chi connectivity index (χ4v) is 1.67. The third-order valence-electron chi connectivity index (χ3n) is 2.86. The van der Waals surface area contributed by atoms with Crippen molar-refractivity contribution in [2.75, 3.05) is 0 Å². The maximum atomic E-state index is 13.4. The second-order valence-electron chi connectivity index (χ2n) is 5.22. The van der Waals surface area contributed by atoms with E-state index in [0.29, 0.717) is 35.6 Å². The molecular weight excluding hydrogens is 262 g/mol. The van der Waals surface area contributed by atoms with Crippen molar-refractivity contribution in [3.63, 3.8) is 0 Å². The quantitative estimate of drug-likeness (QED) is 0.800. The number of hydrogen-bond donors (Lipinski definition) is 2. The Bertz CT molecular complexity index is 564. The van der Waals surface area contributed by atoms with Gasteiger partial charge in [-0.2, -0.15) is 0 Å². The largest absolute Gasteiger partial charge is 0.488 e. The van der Waals surface area contributed by atoms with Crippen molar-refractivity contribution in [2.45, 2.75) is 32.4 Å². The predicted octanol–water partition coefficient (Wildman–Crippen LogP) is 1.10. The Labute approximate surface area is 116 Å².